The number of aryl methyl sites for hydroxylation is 3. The average molecular weight is 442 g/mol. The summed E-state index contributed by atoms with van der Waals surface area (Å²) < 4.78 is 11.1. The zero-order chi connectivity index (χ0) is 22.1. The number of morpholine rings is 1. The predicted molar refractivity (Wildman–Crippen MR) is 119 cm³/mol. The van der Waals surface area contributed by atoms with Gasteiger partial charge in [-0.1, -0.05) is 11.3 Å². The van der Waals surface area contributed by atoms with Gasteiger partial charge in [-0.15, -0.1) is 0 Å². The molecule has 0 saturated carbocycles. The first-order valence-electron chi connectivity index (χ1n) is 10.3. The Bertz CT molecular complexity index is 1060. The van der Waals surface area contributed by atoms with E-state index in [4.69, 9.17) is 14.1 Å². The molecule has 0 bridgehead atoms. The molecule has 4 rings (SSSR count). The van der Waals surface area contributed by atoms with Gasteiger partial charge in [-0.2, -0.15) is 0 Å². The Morgan fingerprint density at radius 1 is 1.16 bits per heavy atom. The van der Waals surface area contributed by atoms with Gasteiger partial charge < -0.3 is 19.4 Å². The molecule has 0 radical (unpaired) electrons. The average Bonchev–Trinajstić information content (AvgIpc) is 3.31. The highest BCUT2D eigenvalue weighted by molar-refractivity contribution is 7.19. The van der Waals surface area contributed by atoms with Crippen molar-refractivity contribution in [3.8, 4) is 10.4 Å². The fourth-order valence-corrected chi connectivity index (χ4v) is 4.97. The van der Waals surface area contributed by atoms with Crippen LogP contribution in [0.3, 0.4) is 0 Å². The molecule has 164 valence electrons. The van der Waals surface area contributed by atoms with E-state index in [0.29, 0.717) is 12.2 Å². The van der Waals surface area contributed by atoms with Crippen LogP contribution in [0.1, 0.15) is 47.2 Å². The smallest absolute Gasteiger partial charge is 0.289 e. The molecule has 0 aliphatic carbocycles. The van der Waals surface area contributed by atoms with Crippen molar-refractivity contribution >= 4 is 22.4 Å². The zero-order valence-electron chi connectivity index (χ0n) is 18.4. The fourth-order valence-electron chi connectivity index (χ4n) is 3.88. The first kappa shape index (κ1) is 21.5. The number of thiazole rings is 1. The SMILES string of the molecule is Cc1cc(-c2sc(N3C[C@@H](C)O[C@@H](C)C3)nc2CNC(=O)c2ocnc2C)cc(C)n1. The van der Waals surface area contributed by atoms with Gasteiger partial charge in [0.25, 0.3) is 5.91 Å². The summed E-state index contributed by atoms with van der Waals surface area (Å²) in [6.45, 7) is 11.7. The normalized spacial score (nSPS) is 18.9. The van der Waals surface area contributed by atoms with Crippen LogP contribution in [0.5, 0.6) is 0 Å². The van der Waals surface area contributed by atoms with Crippen molar-refractivity contribution in [2.75, 3.05) is 18.0 Å². The van der Waals surface area contributed by atoms with Crippen LogP contribution < -0.4 is 10.2 Å². The molecule has 0 unspecified atom stereocenters. The molecular weight excluding hydrogens is 414 g/mol. The number of oxazole rings is 1. The number of nitrogens with zero attached hydrogens (tertiary/aromatic N) is 4. The van der Waals surface area contributed by atoms with Crippen molar-refractivity contribution < 1.29 is 13.9 Å². The predicted octanol–water partition coefficient (Wildman–Crippen LogP) is 3.66. The lowest BCUT2D eigenvalue weighted by molar-refractivity contribution is -0.00523. The molecule has 0 aromatic carbocycles. The Kier molecular flexibility index (Phi) is 6.06. The van der Waals surface area contributed by atoms with E-state index in [2.05, 4.69) is 46.2 Å². The van der Waals surface area contributed by atoms with Crippen molar-refractivity contribution in [2.24, 2.45) is 0 Å². The minimum Gasteiger partial charge on any atom is -0.438 e. The molecule has 4 heterocycles. The van der Waals surface area contributed by atoms with E-state index in [9.17, 15) is 4.79 Å². The van der Waals surface area contributed by atoms with Crippen LogP contribution in [0.4, 0.5) is 5.13 Å². The molecule has 9 heteroatoms. The Morgan fingerprint density at radius 2 is 1.84 bits per heavy atom. The van der Waals surface area contributed by atoms with E-state index in [1.807, 2.05) is 13.8 Å². The van der Waals surface area contributed by atoms with Crippen molar-refractivity contribution in [2.45, 2.75) is 53.4 Å². The number of anilines is 1. The van der Waals surface area contributed by atoms with Crippen molar-refractivity contribution in [3.05, 3.63) is 47.1 Å². The number of pyridine rings is 1. The molecule has 31 heavy (non-hydrogen) atoms. The van der Waals surface area contributed by atoms with Crippen LogP contribution in [-0.4, -0.2) is 46.2 Å². The Labute approximate surface area is 185 Å². The van der Waals surface area contributed by atoms with Crippen LogP contribution in [-0.2, 0) is 11.3 Å². The summed E-state index contributed by atoms with van der Waals surface area (Å²) in [7, 11) is 0. The van der Waals surface area contributed by atoms with Gasteiger partial charge in [-0.25, -0.2) is 9.97 Å². The first-order chi connectivity index (χ1) is 14.8. The highest BCUT2D eigenvalue weighted by atomic mass is 32.1. The summed E-state index contributed by atoms with van der Waals surface area (Å²) in [5.74, 6) is -0.0744. The third-order valence-corrected chi connectivity index (χ3v) is 6.30. The van der Waals surface area contributed by atoms with E-state index in [1.54, 1.807) is 18.3 Å². The lowest BCUT2D eigenvalue weighted by atomic mass is 10.1. The Balaban J connectivity index is 1.65. The summed E-state index contributed by atoms with van der Waals surface area (Å²) in [5, 5.41) is 3.86. The van der Waals surface area contributed by atoms with E-state index in [1.165, 1.54) is 6.39 Å². The second-order valence-electron chi connectivity index (χ2n) is 8.02. The van der Waals surface area contributed by atoms with Gasteiger partial charge in [0.1, 0.15) is 0 Å². The second kappa shape index (κ2) is 8.76. The number of hydrogen-bond donors (Lipinski definition) is 1. The van der Waals surface area contributed by atoms with Crippen LogP contribution >= 0.6 is 11.3 Å². The maximum Gasteiger partial charge on any atom is 0.289 e. The number of carbonyl (C=O) groups excluding carboxylic acids is 1. The molecule has 0 spiro atoms. The minimum atomic E-state index is -0.300. The number of amides is 1. The maximum atomic E-state index is 12.5. The zero-order valence-corrected chi connectivity index (χ0v) is 19.2. The number of aromatic nitrogens is 3. The third-order valence-electron chi connectivity index (χ3n) is 5.09. The van der Waals surface area contributed by atoms with Crippen molar-refractivity contribution in [3.63, 3.8) is 0 Å². The van der Waals surface area contributed by atoms with Gasteiger partial charge in [-0.05, 0) is 52.3 Å². The van der Waals surface area contributed by atoms with Gasteiger partial charge >= 0.3 is 0 Å². The fraction of sp³-hybridized carbons (Fsp3) is 0.455. The van der Waals surface area contributed by atoms with Gasteiger partial charge in [0.15, 0.2) is 11.5 Å². The lowest BCUT2D eigenvalue weighted by Crippen LogP contribution is -2.45. The Morgan fingerprint density at radius 3 is 2.45 bits per heavy atom. The second-order valence-corrected chi connectivity index (χ2v) is 9.00. The summed E-state index contributed by atoms with van der Waals surface area (Å²) >= 11 is 1.64. The summed E-state index contributed by atoms with van der Waals surface area (Å²) in [4.78, 5) is 29.2. The molecule has 1 saturated heterocycles. The van der Waals surface area contributed by atoms with Crippen LogP contribution in [0, 0.1) is 20.8 Å². The van der Waals surface area contributed by atoms with Crippen LogP contribution in [0.15, 0.2) is 22.9 Å². The van der Waals surface area contributed by atoms with Crippen LogP contribution in [0.2, 0.25) is 0 Å². The first-order valence-corrected chi connectivity index (χ1v) is 11.2. The summed E-state index contributed by atoms with van der Waals surface area (Å²) in [5.41, 5.74) is 4.34. The van der Waals surface area contributed by atoms with Gasteiger partial charge in [0, 0.05) is 24.5 Å². The lowest BCUT2D eigenvalue weighted by Gasteiger charge is -2.35. The van der Waals surface area contributed by atoms with E-state index in [-0.39, 0.29) is 23.9 Å². The Hall–Kier alpha value is -2.78. The van der Waals surface area contributed by atoms with E-state index < -0.39 is 0 Å². The largest absolute Gasteiger partial charge is 0.438 e. The summed E-state index contributed by atoms with van der Waals surface area (Å²) in [6.07, 6.45) is 1.55. The topological polar surface area (TPSA) is 93.4 Å². The van der Waals surface area contributed by atoms with E-state index in [0.717, 1.165) is 45.7 Å². The van der Waals surface area contributed by atoms with Gasteiger partial charge in [-0.3, -0.25) is 9.78 Å². The number of nitrogens with one attached hydrogen (secondary N) is 1. The highest BCUT2D eigenvalue weighted by Crippen LogP contribution is 2.36. The van der Waals surface area contributed by atoms with Crippen LogP contribution in [0.25, 0.3) is 10.4 Å². The molecule has 2 atom stereocenters. The van der Waals surface area contributed by atoms with Crippen molar-refractivity contribution in [1.82, 2.24) is 20.3 Å². The molecule has 8 nitrogen and oxygen atoms in total. The van der Waals surface area contributed by atoms with Gasteiger partial charge in [0.05, 0.1) is 35.0 Å². The third kappa shape index (κ3) is 4.77. The quantitative estimate of drug-likeness (QED) is 0.646. The molecule has 1 aliphatic rings. The molecule has 1 amide bonds. The molecule has 3 aromatic rings. The van der Waals surface area contributed by atoms with Gasteiger partial charge in [0.2, 0.25) is 5.76 Å². The maximum absolute atomic E-state index is 12.5. The van der Waals surface area contributed by atoms with E-state index >= 15 is 0 Å². The number of carbonyl (C=O) groups is 1. The summed E-state index contributed by atoms with van der Waals surface area (Å²) in [6, 6.07) is 4.11. The molecule has 3 aromatic heterocycles. The number of ether oxygens (including phenoxy) is 1. The molecule has 1 aliphatic heterocycles. The number of hydrogen-bond acceptors (Lipinski definition) is 8. The molecule has 1 N–H and O–H groups in total. The minimum absolute atomic E-state index is 0.138. The van der Waals surface area contributed by atoms with Crippen molar-refractivity contribution in [1.29, 1.82) is 0 Å². The monoisotopic (exact) mass is 441 g/mol. The molecule has 1 fully saturated rings. The standard InChI is InChI=1S/C22H27N5O3S/c1-12-6-17(7-13(2)25-12)20-18(8-23-21(28)19-16(5)24-11-29-19)26-22(31-20)27-9-14(3)30-15(4)10-27/h6-7,11,14-15H,8-10H2,1-5H3,(H,23,28)/t14-,15+. The molecular formula is C22H27N5O3S. The number of rotatable bonds is 5. The highest BCUT2D eigenvalue weighted by Gasteiger charge is 2.26.